The zero-order valence-corrected chi connectivity index (χ0v) is 18.4. The number of nitrogens with zero attached hydrogens (tertiary/aromatic N) is 1. The van der Waals surface area contributed by atoms with Crippen molar-refractivity contribution in [1.29, 1.82) is 0 Å². The largest absolute Gasteiger partial charge is 0.485 e. The van der Waals surface area contributed by atoms with Gasteiger partial charge >= 0.3 is 0 Å². The fraction of sp³-hybridized carbons (Fsp3) is 0.542. The lowest BCUT2D eigenvalue weighted by Gasteiger charge is -2.18. The molecule has 1 heterocycles. The molecule has 5 heteroatoms. The molecule has 160 valence electrons. The SMILES string of the molecule is CCCCCCOc1c(OCC=C(C)C)c2ccc(N)cc2n(CCCC)c1=O. The first-order chi connectivity index (χ1) is 14.0. The van der Waals surface area contributed by atoms with Crippen molar-refractivity contribution in [2.75, 3.05) is 18.9 Å². The zero-order chi connectivity index (χ0) is 21.2. The lowest BCUT2D eigenvalue weighted by Crippen LogP contribution is -2.24. The molecule has 2 N–H and O–H groups in total. The number of hydrogen-bond acceptors (Lipinski definition) is 4. The number of hydrogen-bond donors (Lipinski definition) is 1. The number of ether oxygens (including phenoxy) is 2. The first-order valence-electron chi connectivity index (χ1n) is 10.8. The van der Waals surface area contributed by atoms with E-state index >= 15 is 0 Å². The van der Waals surface area contributed by atoms with E-state index in [1.54, 1.807) is 4.57 Å². The van der Waals surface area contributed by atoms with Crippen LogP contribution in [0.3, 0.4) is 0 Å². The number of anilines is 1. The molecule has 5 nitrogen and oxygen atoms in total. The Labute approximate surface area is 174 Å². The molecule has 0 fully saturated rings. The summed E-state index contributed by atoms with van der Waals surface area (Å²) in [7, 11) is 0. The molecule has 0 spiro atoms. The number of allylic oxidation sites excluding steroid dienone is 1. The Morgan fingerprint density at radius 3 is 2.48 bits per heavy atom. The molecule has 0 aliphatic rings. The Hall–Kier alpha value is -2.43. The summed E-state index contributed by atoms with van der Waals surface area (Å²) in [6, 6.07) is 5.62. The van der Waals surface area contributed by atoms with Crippen LogP contribution in [0, 0.1) is 0 Å². The van der Waals surface area contributed by atoms with E-state index in [0.29, 0.717) is 36.9 Å². The van der Waals surface area contributed by atoms with E-state index in [9.17, 15) is 4.79 Å². The second-order valence-electron chi connectivity index (χ2n) is 7.75. The molecule has 1 aromatic heterocycles. The number of fused-ring (bicyclic) bond motifs is 1. The third-order valence-electron chi connectivity index (χ3n) is 4.90. The van der Waals surface area contributed by atoms with Crippen LogP contribution in [0.2, 0.25) is 0 Å². The number of rotatable bonds is 12. The van der Waals surface area contributed by atoms with E-state index in [-0.39, 0.29) is 5.56 Å². The molecular weight excluding hydrogens is 364 g/mol. The highest BCUT2D eigenvalue weighted by atomic mass is 16.5. The molecule has 0 unspecified atom stereocenters. The maximum absolute atomic E-state index is 13.3. The lowest BCUT2D eigenvalue weighted by atomic mass is 10.1. The molecule has 2 rings (SSSR count). The molecular formula is C24H36N2O3. The van der Waals surface area contributed by atoms with Gasteiger partial charge < -0.3 is 19.8 Å². The van der Waals surface area contributed by atoms with Crippen molar-refractivity contribution >= 4 is 16.6 Å². The van der Waals surface area contributed by atoms with Gasteiger partial charge in [-0.25, -0.2) is 0 Å². The standard InChI is InChI=1S/C24H36N2O3/c1-5-7-9-10-15-28-23-22(29-16-13-18(3)4)20-12-11-19(25)17-21(20)26(24(23)27)14-8-6-2/h11-13,17H,5-10,14-16,25H2,1-4H3. The van der Waals surface area contributed by atoms with Gasteiger partial charge in [-0.05, 0) is 51.0 Å². The van der Waals surface area contributed by atoms with E-state index in [1.807, 2.05) is 38.1 Å². The van der Waals surface area contributed by atoms with Gasteiger partial charge in [0.25, 0.3) is 5.56 Å². The molecule has 0 aliphatic carbocycles. The molecule has 0 bridgehead atoms. The number of pyridine rings is 1. The van der Waals surface area contributed by atoms with Gasteiger partial charge in [-0.15, -0.1) is 0 Å². The summed E-state index contributed by atoms with van der Waals surface area (Å²) in [5.74, 6) is 0.836. The topological polar surface area (TPSA) is 66.5 Å². The van der Waals surface area contributed by atoms with Crippen molar-refractivity contribution < 1.29 is 9.47 Å². The van der Waals surface area contributed by atoms with Crippen LogP contribution in [0.5, 0.6) is 11.5 Å². The Bertz CT molecular complexity index is 880. The lowest BCUT2D eigenvalue weighted by molar-refractivity contribution is 0.272. The van der Waals surface area contributed by atoms with Gasteiger partial charge in [0.1, 0.15) is 6.61 Å². The second kappa shape index (κ2) is 11.5. The molecule has 29 heavy (non-hydrogen) atoms. The zero-order valence-electron chi connectivity index (χ0n) is 18.4. The summed E-state index contributed by atoms with van der Waals surface area (Å²) >= 11 is 0. The fourth-order valence-electron chi connectivity index (χ4n) is 3.22. The van der Waals surface area contributed by atoms with Crippen molar-refractivity contribution in [3.8, 4) is 11.5 Å². The maximum atomic E-state index is 13.3. The molecule has 0 saturated heterocycles. The minimum Gasteiger partial charge on any atom is -0.485 e. The molecule has 1 aromatic carbocycles. The Morgan fingerprint density at radius 1 is 1.03 bits per heavy atom. The van der Waals surface area contributed by atoms with E-state index in [1.165, 1.54) is 6.42 Å². The monoisotopic (exact) mass is 400 g/mol. The van der Waals surface area contributed by atoms with Crippen LogP contribution in [0.4, 0.5) is 5.69 Å². The number of nitrogen functional groups attached to an aromatic ring is 1. The Morgan fingerprint density at radius 2 is 1.79 bits per heavy atom. The predicted molar refractivity (Wildman–Crippen MR) is 122 cm³/mol. The second-order valence-corrected chi connectivity index (χ2v) is 7.75. The smallest absolute Gasteiger partial charge is 0.297 e. The van der Waals surface area contributed by atoms with Crippen LogP contribution in [-0.4, -0.2) is 17.8 Å². The minimum atomic E-state index is -0.140. The summed E-state index contributed by atoms with van der Waals surface area (Å²) in [6.07, 6.45) is 8.27. The molecule has 0 aliphatic heterocycles. The summed E-state index contributed by atoms with van der Waals surface area (Å²) in [4.78, 5) is 13.3. The summed E-state index contributed by atoms with van der Waals surface area (Å²) < 4.78 is 13.9. The third-order valence-corrected chi connectivity index (χ3v) is 4.90. The highest BCUT2D eigenvalue weighted by Crippen LogP contribution is 2.34. The van der Waals surface area contributed by atoms with E-state index in [4.69, 9.17) is 15.2 Å². The van der Waals surface area contributed by atoms with Crippen molar-refractivity contribution in [1.82, 2.24) is 4.57 Å². The van der Waals surface area contributed by atoms with Crippen molar-refractivity contribution in [3.63, 3.8) is 0 Å². The van der Waals surface area contributed by atoms with Crippen LogP contribution in [0.15, 0.2) is 34.6 Å². The number of nitrogens with two attached hydrogens (primary N) is 1. The molecule has 0 amide bonds. The van der Waals surface area contributed by atoms with Gasteiger partial charge in [0.15, 0.2) is 5.75 Å². The van der Waals surface area contributed by atoms with Gasteiger partial charge in [-0.2, -0.15) is 0 Å². The van der Waals surface area contributed by atoms with Crippen LogP contribution in [0.25, 0.3) is 10.9 Å². The van der Waals surface area contributed by atoms with Gasteiger partial charge in [0.2, 0.25) is 5.75 Å². The van der Waals surface area contributed by atoms with Crippen molar-refractivity contribution in [2.24, 2.45) is 0 Å². The minimum absolute atomic E-state index is 0.140. The van der Waals surface area contributed by atoms with Crippen LogP contribution in [-0.2, 0) is 6.54 Å². The van der Waals surface area contributed by atoms with Crippen molar-refractivity contribution in [3.05, 3.63) is 40.2 Å². The highest BCUT2D eigenvalue weighted by molar-refractivity contribution is 5.90. The normalized spacial score (nSPS) is 10.9. The summed E-state index contributed by atoms with van der Waals surface area (Å²) in [6.45, 7) is 9.89. The van der Waals surface area contributed by atoms with E-state index in [2.05, 4.69) is 13.8 Å². The fourth-order valence-corrected chi connectivity index (χ4v) is 3.22. The van der Waals surface area contributed by atoms with Gasteiger partial charge in [-0.3, -0.25) is 4.79 Å². The Kier molecular flexibility index (Phi) is 9.10. The van der Waals surface area contributed by atoms with Crippen molar-refractivity contribution in [2.45, 2.75) is 72.8 Å². The summed E-state index contributed by atoms with van der Waals surface area (Å²) in [5, 5.41) is 0.862. The van der Waals surface area contributed by atoms with Gasteiger partial charge in [0, 0.05) is 17.6 Å². The van der Waals surface area contributed by atoms with E-state index < -0.39 is 0 Å². The Balaban J connectivity index is 2.51. The first kappa shape index (κ1) is 22.9. The van der Waals surface area contributed by atoms with Crippen LogP contribution in [0.1, 0.15) is 66.2 Å². The van der Waals surface area contributed by atoms with E-state index in [0.717, 1.165) is 48.6 Å². The number of aryl methyl sites for hydroxylation is 1. The molecule has 0 radical (unpaired) electrons. The average Bonchev–Trinajstić information content (AvgIpc) is 2.68. The highest BCUT2D eigenvalue weighted by Gasteiger charge is 2.19. The van der Waals surface area contributed by atoms with Crippen LogP contribution >= 0.6 is 0 Å². The first-order valence-corrected chi connectivity index (χ1v) is 10.8. The predicted octanol–water partition coefficient (Wildman–Crippen LogP) is 5.69. The van der Waals surface area contributed by atoms with Gasteiger partial charge in [-0.1, -0.05) is 45.1 Å². The molecule has 2 aromatic rings. The average molecular weight is 401 g/mol. The van der Waals surface area contributed by atoms with Crippen LogP contribution < -0.4 is 20.8 Å². The number of benzene rings is 1. The quantitative estimate of drug-likeness (QED) is 0.282. The number of unbranched alkanes of at least 4 members (excludes halogenated alkanes) is 4. The maximum Gasteiger partial charge on any atom is 0.297 e. The number of aromatic nitrogens is 1. The third kappa shape index (κ3) is 6.28. The van der Waals surface area contributed by atoms with Gasteiger partial charge in [0.05, 0.1) is 12.1 Å². The molecule has 0 atom stereocenters. The molecule has 0 saturated carbocycles. The summed E-state index contributed by atoms with van der Waals surface area (Å²) in [5.41, 5.74) is 8.48.